The summed E-state index contributed by atoms with van der Waals surface area (Å²) in [5.74, 6) is -8.82. The number of allylic oxidation sites excluding steroid dienone is 2. The average Bonchev–Trinajstić information content (AvgIpc) is 3.74. The van der Waals surface area contributed by atoms with E-state index >= 15 is 0 Å². The summed E-state index contributed by atoms with van der Waals surface area (Å²) in [5.41, 5.74) is 5.99. The Balaban J connectivity index is 0.00000627. The van der Waals surface area contributed by atoms with Gasteiger partial charge < -0.3 is 54.9 Å². The number of rotatable bonds is 12. The minimum absolute atomic E-state index is 0. The Hall–Kier alpha value is -5.31. The predicted octanol–water partition coefficient (Wildman–Crippen LogP) is -0.131. The Labute approximate surface area is 320 Å². The molecule has 0 saturated heterocycles. The molecule has 0 unspecified atom stereocenters. The number of fused-ring (bicyclic) bond motifs is 8. The van der Waals surface area contributed by atoms with Crippen molar-refractivity contribution in [2.45, 2.75) is 84.6 Å². The number of carboxylic acid groups (broad SMARTS) is 4. The number of hydrogen-bond donors (Lipinski definition) is 1. The van der Waals surface area contributed by atoms with Gasteiger partial charge in [-0.05, 0) is 67.9 Å². The van der Waals surface area contributed by atoms with Crippen molar-refractivity contribution in [3.05, 3.63) is 75.4 Å². The summed E-state index contributed by atoms with van der Waals surface area (Å²) >= 11 is 0. The number of amides is 1. The van der Waals surface area contributed by atoms with Crippen LogP contribution in [0, 0.1) is 13.8 Å². The zero-order chi connectivity index (χ0) is 38.2. The van der Waals surface area contributed by atoms with Gasteiger partial charge in [-0.2, -0.15) is 0 Å². The van der Waals surface area contributed by atoms with Gasteiger partial charge in [0.05, 0.1) is 35.8 Å². The normalized spacial score (nSPS) is 15.7. The van der Waals surface area contributed by atoms with Gasteiger partial charge in [0, 0.05) is 64.0 Å². The van der Waals surface area contributed by atoms with Gasteiger partial charge in [-0.15, -0.1) is 22.1 Å². The Morgan fingerprint density at radius 3 is 2.17 bits per heavy atom. The Kier molecular flexibility index (Phi) is 12.3. The fourth-order valence-electron chi connectivity index (χ4n) is 6.96. The van der Waals surface area contributed by atoms with Gasteiger partial charge in [0.25, 0.3) is 0 Å². The van der Waals surface area contributed by atoms with Crippen LogP contribution < -0.4 is 35.7 Å². The smallest absolute Gasteiger partial charge is 0.224 e. The number of aromatic carboxylic acids is 1. The molecule has 0 fully saturated rings. The summed E-state index contributed by atoms with van der Waals surface area (Å²) in [6.07, 6.45) is 0.0207. The molecule has 0 aliphatic carbocycles. The average molecular weight is 903 g/mol. The standard InChI is InChI=1S/C38H41N5O9.Au/c1-7-20-16(3)24-12-26-18(5)22(9-10-32(45)46)35(42-26)23(11-31(44)41-30(37(49)50)15-33(47)48)36-34(38(51)52)19(6)27(43-36)14-29-21(8-2)17(4)25(40-29)13-28(20)39-24;/h7,12-14,18,22,30H,1,8-11,15H2,2-6H3,(H7,39,40,41,42,43,44,45,46,47,48,49,50,51,52);/p-6/t18-,22-,30-;/m0./s1. The minimum Gasteiger partial charge on any atom is -0.657 e. The molecule has 53 heavy (non-hydrogen) atoms. The molecule has 5 rings (SSSR count). The van der Waals surface area contributed by atoms with E-state index in [-0.39, 0.29) is 62.2 Å². The largest absolute Gasteiger partial charge is 0.657 e. The molecule has 1 N–H and O–H groups in total. The summed E-state index contributed by atoms with van der Waals surface area (Å²) in [5, 5.41) is 49.6. The number of hydrogen-bond acceptors (Lipinski definition) is 11. The predicted molar refractivity (Wildman–Crippen MR) is 181 cm³/mol. The molecule has 5 heterocycles. The van der Waals surface area contributed by atoms with Gasteiger partial charge in [-0.1, -0.05) is 55.8 Å². The summed E-state index contributed by atoms with van der Waals surface area (Å²) in [7, 11) is 0. The maximum atomic E-state index is 13.5. The molecule has 1 amide bonds. The SMILES string of the molecule is C=Cc1c(C)c2cc3nc(c(CC(=O)N[C@@H](CC(=O)[O-])C(=O)[O-])c4[n-]c(cc5nc(cc1[n-]2)C(C)=C5CC)c(C)c4C(=O)[O-])[C@@H](CCC(=O)[O-])[C@@H]3C.[Au]. The molecule has 15 heteroatoms. The van der Waals surface area contributed by atoms with Gasteiger partial charge in [-0.3, -0.25) is 9.78 Å². The Morgan fingerprint density at radius 2 is 1.58 bits per heavy atom. The van der Waals surface area contributed by atoms with E-state index < -0.39 is 66.9 Å². The Bertz CT molecular complexity index is 2250. The fourth-order valence-corrected chi connectivity index (χ4v) is 6.96. The third-order valence-electron chi connectivity index (χ3n) is 9.77. The monoisotopic (exact) mass is 902 g/mol. The molecular weight excluding hydrogens is 867 g/mol. The summed E-state index contributed by atoms with van der Waals surface area (Å²) < 4.78 is 0. The van der Waals surface area contributed by atoms with Crippen LogP contribution in [-0.4, -0.2) is 45.8 Å². The second kappa shape index (κ2) is 16.1. The van der Waals surface area contributed by atoms with Crippen molar-refractivity contribution in [2.24, 2.45) is 0 Å². The zero-order valence-electron chi connectivity index (χ0n) is 29.5. The van der Waals surface area contributed by atoms with E-state index in [0.29, 0.717) is 34.5 Å². The molecule has 0 spiro atoms. The number of aryl methyl sites for hydroxylation is 2. The first-order chi connectivity index (χ1) is 24.6. The van der Waals surface area contributed by atoms with E-state index in [1.165, 1.54) is 6.92 Å². The quantitative estimate of drug-likeness (QED) is 0.233. The molecule has 3 aromatic rings. The van der Waals surface area contributed by atoms with Gasteiger partial charge >= 0.3 is 0 Å². The van der Waals surface area contributed by atoms with Gasteiger partial charge in [0.15, 0.2) is 0 Å². The molecule has 2 aliphatic rings. The first-order valence-electron chi connectivity index (χ1n) is 16.7. The maximum Gasteiger partial charge on any atom is 0.224 e. The van der Waals surface area contributed by atoms with Crippen LogP contribution in [0.1, 0.15) is 114 Å². The van der Waals surface area contributed by atoms with Crippen molar-refractivity contribution in [1.82, 2.24) is 25.3 Å². The first kappa shape index (κ1) is 40.5. The molecule has 0 saturated carbocycles. The molecular formula is C38H35AuN5O9-6. The van der Waals surface area contributed by atoms with Crippen LogP contribution in [0.25, 0.3) is 39.3 Å². The van der Waals surface area contributed by atoms with E-state index in [4.69, 9.17) is 19.9 Å². The van der Waals surface area contributed by atoms with Crippen molar-refractivity contribution in [3.63, 3.8) is 0 Å². The summed E-state index contributed by atoms with van der Waals surface area (Å²) in [6, 6.07) is 3.25. The van der Waals surface area contributed by atoms with Crippen LogP contribution in [0.4, 0.5) is 0 Å². The van der Waals surface area contributed by atoms with E-state index in [1.807, 2.05) is 26.8 Å². The number of nitrogens with zero attached hydrogens (tertiary/aromatic N) is 4. The molecule has 0 aromatic carbocycles. The second-order valence-corrected chi connectivity index (χ2v) is 12.9. The summed E-state index contributed by atoms with van der Waals surface area (Å²) in [4.78, 5) is 80.3. The molecule has 3 atom stereocenters. The van der Waals surface area contributed by atoms with Crippen LogP contribution in [0.3, 0.4) is 0 Å². The second-order valence-electron chi connectivity index (χ2n) is 12.9. The number of nitrogens with one attached hydrogen (secondary N) is 1. The number of carbonyl (C=O) groups is 5. The third-order valence-corrected chi connectivity index (χ3v) is 9.77. The van der Waals surface area contributed by atoms with Crippen LogP contribution in [0.5, 0.6) is 0 Å². The van der Waals surface area contributed by atoms with Gasteiger partial charge in [-0.25, -0.2) is 4.98 Å². The minimum atomic E-state index is -1.97. The van der Waals surface area contributed by atoms with Crippen molar-refractivity contribution < 1.29 is 66.8 Å². The van der Waals surface area contributed by atoms with Crippen LogP contribution in [0.15, 0.2) is 24.8 Å². The van der Waals surface area contributed by atoms with E-state index in [0.717, 1.165) is 22.3 Å². The topological polar surface area (TPSA) is 244 Å². The number of carbonyl (C=O) groups excluding carboxylic acids is 5. The van der Waals surface area contributed by atoms with Crippen molar-refractivity contribution in [1.29, 1.82) is 0 Å². The molecule has 283 valence electrons. The Morgan fingerprint density at radius 1 is 0.925 bits per heavy atom. The van der Waals surface area contributed by atoms with Crippen molar-refractivity contribution in [2.75, 3.05) is 0 Å². The molecule has 8 bridgehead atoms. The molecule has 14 nitrogen and oxygen atoms in total. The van der Waals surface area contributed by atoms with Crippen molar-refractivity contribution in [3.8, 4) is 0 Å². The van der Waals surface area contributed by atoms with Crippen LogP contribution in [0.2, 0.25) is 0 Å². The van der Waals surface area contributed by atoms with E-state index in [2.05, 4.69) is 11.9 Å². The van der Waals surface area contributed by atoms with E-state index in [1.54, 1.807) is 25.1 Å². The molecule has 3 aromatic heterocycles. The number of aliphatic carboxylic acids is 3. The molecule has 2 aliphatic heterocycles. The number of aromatic nitrogens is 4. The fraction of sp³-hybridized carbons (Fsp3) is 0.342. The van der Waals surface area contributed by atoms with Gasteiger partial charge in [0.1, 0.15) is 0 Å². The first-order valence-corrected chi connectivity index (χ1v) is 16.7. The molecule has 1 radical (unpaired) electrons. The van der Waals surface area contributed by atoms with Crippen molar-refractivity contribution >= 4 is 69.1 Å². The van der Waals surface area contributed by atoms with Crippen LogP contribution >= 0.6 is 0 Å². The van der Waals surface area contributed by atoms with Gasteiger partial charge in [0.2, 0.25) is 5.91 Å². The number of carboxylic acids is 4. The third kappa shape index (κ3) is 8.04. The zero-order valence-corrected chi connectivity index (χ0v) is 31.7. The maximum absolute atomic E-state index is 13.5. The van der Waals surface area contributed by atoms with E-state index in [9.17, 15) is 44.4 Å². The van der Waals surface area contributed by atoms with Crippen LogP contribution in [-0.2, 0) is 48.0 Å². The summed E-state index contributed by atoms with van der Waals surface area (Å²) in [6.45, 7) is 13.0.